The lowest BCUT2D eigenvalue weighted by Gasteiger charge is -2.22. The zero-order chi connectivity index (χ0) is 16.4. The van der Waals surface area contributed by atoms with Crippen LogP contribution in [0.2, 0.25) is 0 Å². The molecule has 1 aromatic carbocycles. The first-order chi connectivity index (χ1) is 11.1. The van der Waals surface area contributed by atoms with Crippen LogP contribution in [0.4, 0.5) is 5.69 Å². The number of carbonyl (C=O) groups is 1. The summed E-state index contributed by atoms with van der Waals surface area (Å²) in [7, 11) is 0. The molecule has 2 heterocycles. The number of aliphatic hydroxyl groups excluding tert-OH is 1. The smallest absolute Gasteiger partial charge is 0.269 e. The van der Waals surface area contributed by atoms with Crippen LogP contribution in [0, 0.1) is 10.1 Å². The van der Waals surface area contributed by atoms with E-state index in [0.29, 0.717) is 17.8 Å². The maximum atomic E-state index is 12.5. The van der Waals surface area contributed by atoms with Crippen molar-refractivity contribution in [3.63, 3.8) is 0 Å². The van der Waals surface area contributed by atoms with Gasteiger partial charge in [0.05, 0.1) is 35.0 Å². The minimum Gasteiger partial charge on any atom is -0.394 e. The van der Waals surface area contributed by atoms with E-state index in [2.05, 4.69) is 5.10 Å². The summed E-state index contributed by atoms with van der Waals surface area (Å²) in [6.45, 7) is 0.592. The topological polar surface area (TPSA) is 102 Å². The molecule has 1 saturated heterocycles. The molecule has 0 bridgehead atoms. The lowest BCUT2D eigenvalue weighted by molar-refractivity contribution is -0.384. The third kappa shape index (κ3) is 2.93. The second kappa shape index (κ2) is 6.17. The first kappa shape index (κ1) is 15.2. The maximum absolute atomic E-state index is 12.5. The third-order valence-corrected chi connectivity index (χ3v) is 4.00. The van der Waals surface area contributed by atoms with Crippen LogP contribution in [-0.4, -0.2) is 49.8 Å². The third-order valence-electron chi connectivity index (χ3n) is 4.00. The van der Waals surface area contributed by atoms with Crippen LogP contribution in [0.15, 0.2) is 36.7 Å². The average molecular weight is 316 g/mol. The van der Waals surface area contributed by atoms with Gasteiger partial charge in [0.1, 0.15) is 0 Å². The van der Waals surface area contributed by atoms with Crippen LogP contribution in [0.25, 0.3) is 5.69 Å². The lowest BCUT2D eigenvalue weighted by Crippen LogP contribution is -2.37. The minimum absolute atomic E-state index is 0.0000558. The Morgan fingerprint density at radius 2 is 2.13 bits per heavy atom. The van der Waals surface area contributed by atoms with Crippen molar-refractivity contribution in [2.75, 3.05) is 13.2 Å². The van der Waals surface area contributed by atoms with Crippen LogP contribution in [0.1, 0.15) is 23.2 Å². The molecule has 0 spiro atoms. The maximum Gasteiger partial charge on any atom is 0.269 e. The summed E-state index contributed by atoms with van der Waals surface area (Å²) < 4.78 is 1.50. The second-order valence-corrected chi connectivity index (χ2v) is 5.42. The lowest BCUT2D eigenvalue weighted by atomic mass is 10.2. The number of hydrogen-bond donors (Lipinski definition) is 1. The first-order valence-corrected chi connectivity index (χ1v) is 7.31. The number of carbonyl (C=O) groups excluding carboxylic acids is 1. The summed E-state index contributed by atoms with van der Waals surface area (Å²) in [5, 5.41) is 24.1. The molecule has 0 radical (unpaired) electrons. The Hall–Kier alpha value is -2.74. The van der Waals surface area contributed by atoms with Crippen molar-refractivity contribution in [3.05, 3.63) is 52.3 Å². The zero-order valence-corrected chi connectivity index (χ0v) is 12.3. The Bertz CT molecular complexity index is 725. The van der Waals surface area contributed by atoms with Crippen molar-refractivity contribution in [1.29, 1.82) is 0 Å². The molecule has 1 atom stereocenters. The van der Waals surface area contributed by atoms with E-state index < -0.39 is 4.92 Å². The van der Waals surface area contributed by atoms with Crippen LogP contribution in [0.3, 0.4) is 0 Å². The monoisotopic (exact) mass is 316 g/mol. The number of nitrogens with zero attached hydrogens (tertiary/aromatic N) is 4. The molecule has 1 aromatic heterocycles. The van der Waals surface area contributed by atoms with Crippen molar-refractivity contribution >= 4 is 11.6 Å². The van der Waals surface area contributed by atoms with Gasteiger partial charge in [-0.2, -0.15) is 5.10 Å². The van der Waals surface area contributed by atoms with Gasteiger partial charge < -0.3 is 10.0 Å². The molecule has 23 heavy (non-hydrogen) atoms. The predicted octanol–water partition coefficient (Wildman–Crippen LogP) is 1.38. The number of benzene rings is 1. The number of rotatable bonds is 4. The molecular weight excluding hydrogens is 300 g/mol. The SMILES string of the molecule is O=C(c1cnn(-c2ccc([N+](=O)[O-])cc2)c1)N1CCC[C@@H]1CO. The van der Waals surface area contributed by atoms with Crippen molar-refractivity contribution in [1.82, 2.24) is 14.7 Å². The summed E-state index contributed by atoms with van der Waals surface area (Å²) in [5.74, 6) is -0.158. The van der Waals surface area contributed by atoms with E-state index in [4.69, 9.17) is 0 Å². The summed E-state index contributed by atoms with van der Waals surface area (Å²) in [6.07, 6.45) is 4.75. The highest BCUT2D eigenvalue weighted by atomic mass is 16.6. The van der Waals surface area contributed by atoms with Gasteiger partial charge in [0, 0.05) is 24.9 Å². The van der Waals surface area contributed by atoms with Gasteiger partial charge in [-0.15, -0.1) is 0 Å². The van der Waals surface area contributed by atoms with Crippen molar-refractivity contribution in [2.24, 2.45) is 0 Å². The minimum atomic E-state index is -0.468. The Morgan fingerprint density at radius 1 is 1.39 bits per heavy atom. The van der Waals surface area contributed by atoms with E-state index in [1.165, 1.54) is 23.0 Å². The largest absolute Gasteiger partial charge is 0.394 e. The van der Waals surface area contributed by atoms with Gasteiger partial charge in [-0.3, -0.25) is 14.9 Å². The van der Waals surface area contributed by atoms with Gasteiger partial charge in [0.15, 0.2) is 0 Å². The summed E-state index contributed by atoms with van der Waals surface area (Å²) in [5.41, 5.74) is 1.07. The molecule has 0 aliphatic carbocycles. The number of likely N-dealkylation sites (tertiary alicyclic amines) is 1. The summed E-state index contributed by atoms with van der Waals surface area (Å²) >= 11 is 0. The number of nitro groups is 1. The highest BCUT2D eigenvalue weighted by molar-refractivity contribution is 5.94. The Labute approximate surface area is 132 Å². The number of amides is 1. The molecule has 1 aliphatic rings. The molecule has 0 unspecified atom stereocenters. The van der Waals surface area contributed by atoms with Crippen LogP contribution in [-0.2, 0) is 0 Å². The van der Waals surface area contributed by atoms with Gasteiger partial charge in [0.25, 0.3) is 11.6 Å². The van der Waals surface area contributed by atoms with E-state index in [-0.39, 0.29) is 24.2 Å². The summed E-state index contributed by atoms with van der Waals surface area (Å²) in [6, 6.07) is 5.80. The molecule has 1 N–H and O–H groups in total. The summed E-state index contributed by atoms with van der Waals surface area (Å²) in [4.78, 5) is 24.3. The van der Waals surface area contributed by atoms with E-state index in [1.807, 2.05) is 0 Å². The molecule has 1 fully saturated rings. The fourth-order valence-electron chi connectivity index (χ4n) is 2.76. The fourth-order valence-corrected chi connectivity index (χ4v) is 2.76. The van der Waals surface area contributed by atoms with Crippen molar-refractivity contribution in [2.45, 2.75) is 18.9 Å². The van der Waals surface area contributed by atoms with Gasteiger partial charge in [0.2, 0.25) is 0 Å². The van der Waals surface area contributed by atoms with Crippen LogP contribution >= 0.6 is 0 Å². The normalized spacial score (nSPS) is 17.4. The Morgan fingerprint density at radius 3 is 2.78 bits per heavy atom. The molecular formula is C15H16N4O4. The molecule has 0 saturated carbocycles. The molecule has 3 rings (SSSR count). The Balaban J connectivity index is 1.80. The van der Waals surface area contributed by atoms with E-state index in [1.54, 1.807) is 23.2 Å². The highest BCUT2D eigenvalue weighted by Crippen LogP contribution is 2.20. The van der Waals surface area contributed by atoms with Crippen molar-refractivity contribution < 1.29 is 14.8 Å². The highest BCUT2D eigenvalue weighted by Gasteiger charge is 2.29. The second-order valence-electron chi connectivity index (χ2n) is 5.42. The molecule has 1 amide bonds. The first-order valence-electron chi connectivity index (χ1n) is 7.31. The average Bonchev–Trinajstić information content (AvgIpc) is 3.23. The molecule has 8 nitrogen and oxygen atoms in total. The van der Waals surface area contributed by atoms with Crippen LogP contribution in [0.5, 0.6) is 0 Å². The van der Waals surface area contributed by atoms with Gasteiger partial charge in [-0.05, 0) is 25.0 Å². The number of aromatic nitrogens is 2. The van der Waals surface area contributed by atoms with Gasteiger partial charge >= 0.3 is 0 Å². The number of hydrogen-bond acceptors (Lipinski definition) is 5. The quantitative estimate of drug-likeness (QED) is 0.678. The zero-order valence-electron chi connectivity index (χ0n) is 12.3. The standard InChI is InChI=1S/C15H16N4O4/c20-10-14-2-1-7-17(14)15(21)11-8-16-18(9-11)12-3-5-13(6-4-12)19(22)23/h3-6,8-9,14,20H,1-2,7,10H2/t14-/m1/s1. The Kier molecular flexibility index (Phi) is 4.07. The van der Waals surface area contributed by atoms with Gasteiger partial charge in [-0.1, -0.05) is 0 Å². The predicted molar refractivity (Wildman–Crippen MR) is 81.4 cm³/mol. The number of aliphatic hydroxyl groups is 1. The molecule has 8 heteroatoms. The van der Waals surface area contributed by atoms with Crippen LogP contribution < -0.4 is 0 Å². The molecule has 120 valence electrons. The fraction of sp³-hybridized carbons (Fsp3) is 0.333. The van der Waals surface area contributed by atoms with Crippen molar-refractivity contribution in [3.8, 4) is 5.69 Å². The van der Waals surface area contributed by atoms with Gasteiger partial charge in [-0.25, -0.2) is 4.68 Å². The molecule has 1 aliphatic heterocycles. The van der Waals surface area contributed by atoms with E-state index in [9.17, 15) is 20.0 Å². The van der Waals surface area contributed by atoms with E-state index in [0.717, 1.165) is 12.8 Å². The number of nitro benzene ring substituents is 1. The van der Waals surface area contributed by atoms with E-state index >= 15 is 0 Å². The molecule has 2 aromatic rings. The number of non-ortho nitro benzene ring substituents is 1.